The number of carbonyl (C=O) groups is 3. The summed E-state index contributed by atoms with van der Waals surface area (Å²) in [5, 5.41) is 14.1. The van der Waals surface area contributed by atoms with Gasteiger partial charge in [-0.1, -0.05) is 62.4 Å². The summed E-state index contributed by atoms with van der Waals surface area (Å²) < 4.78 is 5.49. The molecule has 7 heteroatoms. The number of rotatable bonds is 8. The van der Waals surface area contributed by atoms with Crippen molar-refractivity contribution in [3.8, 4) is 23.5 Å². The Balaban J connectivity index is 1.66. The van der Waals surface area contributed by atoms with Crippen LogP contribution in [0.4, 0.5) is 4.79 Å². The van der Waals surface area contributed by atoms with Crippen molar-refractivity contribution in [2.45, 2.75) is 38.3 Å². The van der Waals surface area contributed by atoms with E-state index in [0.717, 1.165) is 22.3 Å². The first-order valence-corrected chi connectivity index (χ1v) is 10.4. The maximum Gasteiger partial charge on any atom is 0.407 e. The van der Waals surface area contributed by atoms with E-state index in [-0.39, 0.29) is 24.9 Å². The molecule has 2 atom stereocenters. The molecule has 0 saturated heterocycles. The number of aliphatic carboxylic acids is 1. The standard InChI is InChI=1S/C25H26N2O5/c1-4-9-21(24(29)30)26-23(28)22(15(2)3)27-25(31)32-14-20-18-12-7-5-10-16(18)17-11-6-8-13-19(17)20/h1,5-8,10-13,15,20-22H,9,14H2,2-3H3,(H,26,28)(H,27,31)(H,29,30)/t21?,22-/m0/s1. The van der Waals surface area contributed by atoms with Gasteiger partial charge < -0.3 is 20.5 Å². The maximum atomic E-state index is 12.6. The largest absolute Gasteiger partial charge is 0.480 e. The number of fused-ring (bicyclic) bond motifs is 3. The van der Waals surface area contributed by atoms with Crippen molar-refractivity contribution in [1.29, 1.82) is 0 Å². The Morgan fingerprint density at radius 3 is 2.09 bits per heavy atom. The van der Waals surface area contributed by atoms with Crippen LogP contribution in [0.5, 0.6) is 0 Å². The molecule has 32 heavy (non-hydrogen) atoms. The lowest BCUT2D eigenvalue weighted by Gasteiger charge is -2.23. The van der Waals surface area contributed by atoms with Crippen LogP contribution in [0.3, 0.4) is 0 Å². The quantitative estimate of drug-likeness (QED) is 0.554. The first-order chi connectivity index (χ1) is 15.3. The van der Waals surface area contributed by atoms with E-state index >= 15 is 0 Å². The van der Waals surface area contributed by atoms with Crippen molar-refractivity contribution in [2.24, 2.45) is 5.92 Å². The maximum absolute atomic E-state index is 12.6. The molecule has 0 aliphatic heterocycles. The van der Waals surface area contributed by atoms with E-state index in [1.807, 2.05) is 48.5 Å². The predicted octanol–water partition coefficient (Wildman–Crippen LogP) is 3.14. The lowest BCUT2D eigenvalue weighted by molar-refractivity contribution is -0.142. The Hall–Kier alpha value is -3.79. The van der Waals surface area contributed by atoms with Gasteiger partial charge in [-0.15, -0.1) is 12.3 Å². The van der Waals surface area contributed by atoms with Gasteiger partial charge in [-0.2, -0.15) is 0 Å². The number of nitrogens with one attached hydrogen (secondary N) is 2. The summed E-state index contributed by atoms with van der Waals surface area (Å²) in [4.78, 5) is 36.4. The smallest absolute Gasteiger partial charge is 0.407 e. The number of carboxylic acids is 1. The van der Waals surface area contributed by atoms with Crippen LogP contribution in [-0.4, -0.2) is 41.8 Å². The van der Waals surface area contributed by atoms with Gasteiger partial charge in [0, 0.05) is 12.3 Å². The third-order valence-electron chi connectivity index (χ3n) is 5.50. The average molecular weight is 434 g/mol. The molecule has 0 saturated carbocycles. The van der Waals surface area contributed by atoms with Gasteiger partial charge in [0.1, 0.15) is 18.7 Å². The summed E-state index contributed by atoms with van der Waals surface area (Å²) in [6.45, 7) is 3.59. The van der Waals surface area contributed by atoms with E-state index in [4.69, 9.17) is 11.2 Å². The summed E-state index contributed by atoms with van der Waals surface area (Å²) in [6, 6.07) is 13.8. The second-order valence-electron chi connectivity index (χ2n) is 8.00. The third kappa shape index (κ3) is 4.92. The first-order valence-electron chi connectivity index (χ1n) is 10.4. The Bertz CT molecular complexity index is 1010. The molecule has 2 aromatic carbocycles. The molecule has 0 fully saturated rings. The van der Waals surface area contributed by atoms with Gasteiger partial charge in [0.25, 0.3) is 0 Å². The minimum absolute atomic E-state index is 0.105. The Morgan fingerprint density at radius 1 is 1.03 bits per heavy atom. The molecule has 0 radical (unpaired) electrons. The summed E-state index contributed by atoms with van der Waals surface area (Å²) in [5.74, 6) is -0.0418. The number of hydrogen-bond acceptors (Lipinski definition) is 4. The van der Waals surface area contributed by atoms with Gasteiger partial charge in [-0.05, 0) is 28.2 Å². The number of hydrogen-bond donors (Lipinski definition) is 3. The van der Waals surface area contributed by atoms with Crippen molar-refractivity contribution in [3.05, 3.63) is 59.7 Å². The molecule has 3 N–H and O–H groups in total. The van der Waals surface area contributed by atoms with Gasteiger partial charge in [0.2, 0.25) is 5.91 Å². The monoisotopic (exact) mass is 434 g/mol. The number of amides is 2. The van der Waals surface area contributed by atoms with Crippen molar-refractivity contribution in [3.63, 3.8) is 0 Å². The second kappa shape index (κ2) is 10.0. The highest BCUT2D eigenvalue weighted by Crippen LogP contribution is 2.44. The highest BCUT2D eigenvalue weighted by atomic mass is 16.5. The highest BCUT2D eigenvalue weighted by Gasteiger charge is 2.31. The first kappa shape index (κ1) is 22.9. The molecule has 7 nitrogen and oxygen atoms in total. The summed E-state index contributed by atoms with van der Waals surface area (Å²) >= 11 is 0. The average Bonchev–Trinajstić information content (AvgIpc) is 3.09. The van der Waals surface area contributed by atoms with Crippen molar-refractivity contribution in [1.82, 2.24) is 10.6 Å². The molecular formula is C25H26N2O5. The molecule has 2 amide bonds. The number of carboxylic acid groups (broad SMARTS) is 1. The fourth-order valence-corrected chi connectivity index (χ4v) is 3.88. The van der Waals surface area contributed by atoms with Crippen molar-refractivity contribution >= 4 is 18.0 Å². The van der Waals surface area contributed by atoms with Crippen LogP contribution in [0.15, 0.2) is 48.5 Å². The molecule has 166 valence electrons. The van der Waals surface area contributed by atoms with E-state index in [2.05, 4.69) is 16.6 Å². The molecule has 3 rings (SSSR count). The van der Waals surface area contributed by atoms with Crippen molar-refractivity contribution in [2.75, 3.05) is 6.61 Å². The number of terminal acetylenes is 1. The minimum Gasteiger partial charge on any atom is -0.480 e. The van der Waals surface area contributed by atoms with Gasteiger partial charge in [0.05, 0.1) is 0 Å². The zero-order valence-corrected chi connectivity index (χ0v) is 18.0. The molecule has 1 unspecified atom stereocenters. The lowest BCUT2D eigenvalue weighted by atomic mass is 9.98. The van der Waals surface area contributed by atoms with E-state index in [1.165, 1.54) is 0 Å². The summed E-state index contributed by atoms with van der Waals surface area (Å²) in [6.07, 6.45) is 4.27. The van der Waals surface area contributed by atoms with Gasteiger partial charge in [-0.3, -0.25) is 4.79 Å². The lowest BCUT2D eigenvalue weighted by Crippen LogP contribution is -2.53. The Kier molecular flexibility index (Phi) is 7.16. The van der Waals surface area contributed by atoms with Crippen LogP contribution in [0.1, 0.15) is 37.3 Å². The van der Waals surface area contributed by atoms with Crippen LogP contribution >= 0.6 is 0 Å². The predicted molar refractivity (Wildman–Crippen MR) is 120 cm³/mol. The van der Waals surface area contributed by atoms with Gasteiger partial charge >= 0.3 is 12.1 Å². The van der Waals surface area contributed by atoms with E-state index < -0.39 is 30.1 Å². The van der Waals surface area contributed by atoms with E-state index in [1.54, 1.807) is 13.8 Å². The van der Waals surface area contributed by atoms with Gasteiger partial charge in [-0.25, -0.2) is 9.59 Å². The molecule has 0 bridgehead atoms. The summed E-state index contributed by atoms with van der Waals surface area (Å²) in [5.41, 5.74) is 4.39. The molecular weight excluding hydrogens is 408 g/mol. The van der Waals surface area contributed by atoms with E-state index in [9.17, 15) is 19.5 Å². The molecule has 0 aromatic heterocycles. The van der Waals surface area contributed by atoms with Crippen molar-refractivity contribution < 1.29 is 24.2 Å². The van der Waals surface area contributed by atoms with E-state index in [0.29, 0.717) is 0 Å². The molecule has 1 aliphatic rings. The number of benzene rings is 2. The van der Waals surface area contributed by atoms with Crippen LogP contribution in [0, 0.1) is 18.3 Å². The minimum atomic E-state index is -1.24. The molecule has 0 spiro atoms. The summed E-state index contributed by atoms with van der Waals surface area (Å²) in [7, 11) is 0. The SMILES string of the molecule is C#CCC(NC(=O)[C@@H](NC(=O)OCC1c2ccccc2-c2ccccc21)C(C)C)C(=O)O. The normalized spacial score (nSPS) is 13.9. The zero-order valence-electron chi connectivity index (χ0n) is 18.0. The van der Waals surface area contributed by atoms with Crippen LogP contribution in [0.2, 0.25) is 0 Å². The molecule has 2 aromatic rings. The number of carbonyl (C=O) groups excluding carboxylic acids is 2. The van der Waals surface area contributed by atoms with Crippen LogP contribution in [0.25, 0.3) is 11.1 Å². The zero-order chi connectivity index (χ0) is 23.3. The van der Waals surface area contributed by atoms with Gasteiger partial charge in [0.15, 0.2) is 0 Å². The fourth-order valence-electron chi connectivity index (χ4n) is 3.88. The third-order valence-corrected chi connectivity index (χ3v) is 5.50. The fraction of sp³-hybridized carbons (Fsp3) is 0.320. The molecule has 1 aliphatic carbocycles. The highest BCUT2D eigenvalue weighted by molar-refractivity contribution is 5.89. The molecule has 0 heterocycles. The number of ether oxygens (including phenoxy) is 1. The van der Waals surface area contributed by atoms with Crippen LogP contribution in [-0.2, 0) is 14.3 Å². The second-order valence-corrected chi connectivity index (χ2v) is 8.00. The topological polar surface area (TPSA) is 105 Å². The number of alkyl carbamates (subject to hydrolysis) is 1. The Labute approximate surface area is 187 Å². The Morgan fingerprint density at radius 2 is 1.59 bits per heavy atom. The van der Waals surface area contributed by atoms with Crippen LogP contribution < -0.4 is 10.6 Å².